The number of pyridine rings is 1. The Hall–Kier alpha value is -2.62. The van der Waals surface area contributed by atoms with E-state index in [0.29, 0.717) is 12.0 Å². The molecule has 3 N–H and O–H groups in total. The molecule has 0 bridgehead atoms. The fraction of sp³-hybridized carbons (Fsp3) is 0.520. The van der Waals surface area contributed by atoms with Gasteiger partial charge < -0.3 is 15.7 Å². The monoisotopic (exact) mass is 479 g/mol. The average molecular weight is 480 g/mol. The van der Waals surface area contributed by atoms with Crippen LogP contribution in [-0.2, 0) is 6.54 Å². The normalized spacial score (nSPS) is 19.4. The van der Waals surface area contributed by atoms with E-state index in [0.717, 1.165) is 58.7 Å². The van der Waals surface area contributed by atoms with Gasteiger partial charge in [-0.2, -0.15) is 0 Å². The van der Waals surface area contributed by atoms with E-state index in [1.54, 1.807) is 11.3 Å². The quantitative estimate of drug-likeness (QED) is 0.426. The fourth-order valence-electron chi connectivity index (χ4n) is 4.89. The molecule has 1 atom stereocenters. The van der Waals surface area contributed by atoms with Crippen molar-refractivity contribution in [2.75, 3.05) is 23.8 Å². The first kappa shape index (κ1) is 23.1. The molecule has 5 rings (SSSR count). The second-order valence-electron chi connectivity index (χ2n) is 9.35. The molecule has 1 saturated heterocycles. The molecular formula is C25H33N7OS. The Labute approximate surface area is 204 Å². The maximum atomic E-state index is 9.53. The van der Waals surface area contributed by atoms with Crippen molar-refractivity contribution in [2.24, 2.45) is 0 Å². The van der Waals surface area contributed by atoms with Crippen LogP contribution in [0.25, 0.3) is 10.6 Å². The molecule has 1 aliphatic carbocycles. The summed E-state index contributed by atoms with van der Waals surface area (Å²) in [6.07, 6.45) is 12.2. The summed E-state index contributed by atoms with van der Waals surface area (Å²) in [5, 5.41) is 17.2. The fourth-order valence-corrected chi connectivity index (χ4v) is 5.67. The average Bonchev–Trinajstić information content (AvgIpc) is 3.50. The van der Waals surface area contributed by atoms with E-state index >= 15 is 0 Å². The van der Waals surface area contributed by atoms with E-state index in [2.05, 4.69) is 36.6 Å². The highest BCUT2D eigenvalue weighted by molar-refractivity contribution is 7.18. The number of anilines is 3. The molecule has 4 heterocycles. The van der Waals surface area contributed by atoms with Crippen molar-refractivity contribution in [2.45, 2.75) is 70.5 Å². The summed E-state index contributed by atoms with van der Waals surface area (Å²) in [7, 11) is 0. The van der Waals surface area contributed by atoms with Gasteiger partial charge in [0.1, 0.15) is 5.82 Å². The van der Waals surface area contributed by atoms with Crippen molar-refractivity contribution in [3.8, 4) is 10.6 Å². The number of aromatic nitrogens is 4. The van der Waals surface area contributed by atoms with Crippen molar-refractivity contribution in [1.82, 2.24) is 24.8 Å². The van der Waals surface area contributed by atoms with E-state index in [4.69, 9.17) is 4.98 Å². The summed E-state index contributed by atoms with van der Waals surface area (Å²) in [5.74, 6) is 1.48. The highest BCUT2D eigenvalue weighted by atomic mass is 32.1. The van der Waals surface area contributed by atoms with Gasteiger partial charge in [-0.25, -0.2) is 19.9 Å². The second-order valence-corrected chi connectivity index (χ2v) is 10.4. The van der Waals surface area contributed by atoms with E-state index in [1.165, 1.54) is 32.1 Å². The zero-order valence-electron chi connectivity index (χ0n) is 19.7. The summed E-state index contributed by atoms with van der Waals surface area (Å²) in [6, 6.07) is 6.83. The summed E-state index contributed by atoms with van der Waals surface area (Å²) in [5.41, 5.74) is 2.99. The van der Waals surface area contributed by atoms with Crippen molar-refractivity contribution in [3.63, 3.8) is 0 Å². The van der Waals surface area contributed by atoms with Crippen LogP contribution in [0.5, 0.6) is 0 Å². The molecule has 0 amide bonds. The molecular weight excluding hydrogens is 446 g/mol. The summed E-state index contributed by atoms with van der Waals surface area (Å²) in [6.45, 7) is 4.09. The number of nitrogens with one attached hydrogen (secondary N) is 2. The Kier molecular flexibility index (Phi) is 7.32. The summed E-state index contributed by atoms with van der Waals surface area (Å²) >= 11 is 1.56. The zero-order valence-corrected chi connectivity index (χ0v) is 20.5. The Morgan fingerprint density at radius 3 is 2.74 bits per heavy atom. The third-order valence-corrected chi connectivity index (χ3v) is 7.64. The first-order valence-electron chi connectivity index (χ1n) is 12.3. The van der Waals surface area contributed by atoms with Gasteiger partial charge in [0, 0.05) is 36.7 Å². The molecule has 0 spiro atoms. The van der Waals surface area contributed by atoms with Crippen LogP contribution in [0.2, 0.25) is 0 Å². The van der Waals surface area contributed by atoms with Crippen LogP contribution in [0, 0.1) is 6.92 Å². The van der Waals surface area contributed by atoms with Crippen LogP contribution in [0.4, 0.5) is 16.9 Å². The SMILES string of the molecule is Cc1cc(-c2cnc(Nc3ccc(CN4CCC[C@H]4CO)cn3)s2)nc(NC2CCCCC2)n1. The summed E-state index contributed by atoms with van der Waals surface area (Å²) < 4.78 is 0. The first-order valence-corrected chi connectivity index (χ1v) is 13.1. The third kappa shape index (κ3) is 5.71. The number of hydrogen-bond donors (Lipinski definition) is 3. The minimum Gasteiger partial charge on any atom is -0.395 e. The molecule has 8 nitrogen and oxygen atoms in total. The Morgan fingerprint density at radius 2 is 1.94 bits per heavy atom. The van der Waals surface area contributed by atoms with E-state index < -0.39 is 0 Å². The molecule has 0 aromatic carbocycles. The number of rotatable bonds is 8. The molecule has 0 radical (unpaired) electrons. The smallest absolute Gasteiger partial charge is 0.223 e. The Bertz CT molecular complexity index is 1080. The number of aryl methyl sites for hydroxylation is 1. The van der Waals surface area contributed by atoms with Crippen LogP contribution in [0.3, 0.4) is 0 Å². The minimum absolute atomic E-state index is 0.226. The first-order chi connectivity index (χ1) is 16.7. The lowest BCUT2D eigenvalue weighted by Crippen LogP contribution is -2.31. The lowest BCUT2D eigenvalue weighted by Gasteiger charge is -2.22. The van der Waals surface area contributed by atoms with Gasteiger partial charge in [-0.1, -0.05) is 36.7 Å². The summed E-state index contributed by atoms with van der Waals surface area (Å²) in [4.78, 5) is 21.8. The zero-order chi connectivity index (χ0) is 23.3. The number of likely N-dealkylation sites (tertiary alicyclic amines) is 1. The molecule has 3 aromatic heterocycles. The lowest BCUT2D eigenvalue weighted by molar-refractivity contribution is 0.153. The largest absolute Gasteiger partial charge is 0.395 e. The van der Waals surface area contributed by atoms with Gasteiger partial charge >= 0.3 is 0 Å². The minimum atomic E-state index is 0.226. The highest BCUT2D eigenvalue weighted by Gasteiger charge is 2.23. The molecule has 34 heavy (non-hydrogen) atoms. The van der Waals surface area contributed by atoms with E-state index in [-0.39, 0.29) is 12.6 Å². The van der Waals surface area contributed by atoms with Crippen LogP contribution in [0.1, 0.15) is 56.2 Å². The van der Waals surface area contributed by atoms with Gasteiger partial charge in [0.05, 0.1) is 17.2 Å². The molecule has 1 saturated carbocycles. The standard InChI is InChI=1S/C25H33N7OS/c1-17-12-21(30-24(28-17)29-19-6-3-2-4-7-19)22-14-27-25(34-22)31-23-10-9-18(13-26-23)15-32-11-5-8-20(32)16-33/h9-10,12-14,19-20,33H,2-8,11,15-16H2,1H3,(H,26,27,31)(H,28,29,30)/t20-/m0/s1. The number of aliphatic hydroxyl groups excluding tert-OH is 1. The van der Waals surface area contributed by atoms with Gasteiger partial charge in [0.2, 0.25) is 5.95 Å². The van der Waals surface area contributed by atoms with Crippen molar-refractivity contribution < 1.29 is 5.11 Å². The van der Waals surface area contributed by atoms with Gasteiger partial charge in [0.25, 0.3) is 0 Å². The molecule has 2 aliphatic rings. The molecule has 2 fully saturated rings. The molecule has 1 aliphatic heterocycles. The van der Waals surface area contributed by atoms with Gasteiger partial charge in [-0.3, -0.25) is 4.90 Å². The predicted octanol–water partition coefficient (Wildman–Crippen LogP) is 4.75. The maximum absolute atomic E-state index is 9.53. The topological polar surface area (TPSA) is 99.1 Å². The van der Waals surface area contributed by atoms with Crippen molar-refractivity contribution >= 4 is 28.2 Å². The van der Waals surface area contributed by atoms with Crippen molar-refractivity contribution in [3.05, 3.63) is 41.9 Å². The molecule has 3 aromatic rings. The van der Waals surface area contributed by atoms with Gasteiger partial charge in [-0.15, -0.1) is 0 Å². The van der Waals surface area contributed by atoms with Crippen LogP contribution in [-0.4, -0.2) is 55.2 Å². The Morgan fingerprint density at radius 1 is 1.06 bits per heavy atom. The molecule has 9 heteroatoms. The number of thiazole rings is 1. The highest BCUT2D eigenvalue weighted by Crippen LogP contribution is 2.31. The van der Waals surface area contributed by atoms with Gasteiger partial charge in [-0.05, 0) is 56.8 Å². The van der Waals surface area contributed by atoms with Crippen LogP contribution in [0.15, 0.2) is 30.6 Å². The number of aliphatic hydroxyl groups is 1. The number of nitrogens with zero attached hydrogens (tertiary/aromatic N) is 5. The third-order valence-electron chi connectivity index (χ3n) is 6.71. The second kappa shape index (κ2) is 10.8. The van der Waals surface area contributed by atoms with E-state index in [1.807, 2.05) is 31.5 Å². The predicted molar refractivity (Wildman–Crippen MR) is 136 cm³/mol. The Balaban J connectivity index is 1.22. The number of hydrogen-bond acceptors (Lipinski definition) is 9. The molecule has 0 unspecified atom stereocenters. The van der Waals surface area contributed by atoms with Gasteiger partial charge in [0.15, 0.2) is 5.13 Å². The lowest BCUT2D eigenvalue weighted by atomic mass is 9.96. The van der Waals surface area contributed by atoms with Crippen LogP contribution >= 0.6 is 11.3 Å². The maximum Gasteiger partial charge on any atom is 0.223 e. The van der Waals surface area contributed by atoms with Crippen LogP contribution < -0.4 is 10.6 Å². The molecule has 180 valence electrons. The van der Waals surface area contributed by atoms with Crippen molar-refractivity contribution in [1.29, 1.82) is 0 Å². The van der Waals surface area contributed by atoms with E-state index in [9.17, 15) is 5.11 Å².